The van der Waals surface area contributed by atoms with Gasteiger partial charge in [-0.05, 0) is 71.0 Å². The lowest BCUT2D eigenvalue weighted by Gasteiger charge is -2.19. The second-order valence-corrected chi connectivity index (χ2v) is 8.19. The molecule has 1 heterocycles. The highest BCUT2D eigenvalue weighted by atomic mass is 16.1. The van der Waals surface area contributed by atoms with Crippen LogP contribution in [0.25, 0.3) is 10.8 Å². The Morgan fingerprint density at radius 3 is 2.47 bits per heavy atom. The molecule has 0 atom stereocenters. The number of amides is 1. The Balaban J connectivity index is 1.55. The number of hydrogen-bond donors (Lipinski definition) is 3. The zero-order chi connectivity index (χ0) is 21.3. The summed E-state index contributed by atoms with van der Waals surface area (Å²) in [6.45, 7) is 5.21. The predicted molar refractivity (Wildman–Crippen MR) is 124 cm³/mol. The highest BCUT2D eigenvalue weighted by molar-refractivity contribution is 6.08. The minimum absolute atomic E-state index is 0.0349. The van der Waals surface area contributed by atoms with Crippen molar-refractivity contribution in [3.05, 3.63) is 76.9 Å². The van der Waals surface area contributed by atoms with E-state index in [1.165, 1.54) is 16.8 Å². The largest absolute Gasteiger partial charge is 0.384 e. The molecule has 4 rings (SSSR count). The smallest absolute Gasteiger partial charge is 0.255 e. The Morgan fingerprint density at radius 1 is 1.07 bits per heavy atom. The molecule has 152 valence electrons. The number of rotatable bonds is 5. The minimum Gasteiger partial charge on any atom is -0.384 e. The van der Waals surface area contributed by atoms with Crippen LogP contribution in [0.3, 0.4) is 0 Å². The van der Waals surface area contributed by atoms with Crippen LogP contribution in [0.5, 0.6) is 0 Å². The van der Waals surface area contributed by atoms with Crippen LogP contribution in [0.2, 0.25) is 0 Å². The van der Waals surface area contributed by atoms with E-state index in [9.17, 15) is 4.79 Å². The van der Waals surface area contributed by atoms with Gasteiger partial charge >= 0.3 is 0 Å². The zero-order valence-corrected chi connectivity index (χ0v) is 17.3. The summed E-state index contributed by atoms with van der Waals surface area (Å²) in [6, 6.07) is 17.2. The van der Waals surface area contributed by atoms with E-state index in [0.29, 0.717) is 17.0 Å². The number of nitrogens with one attached hydrogen (secondary N) is 2. The summed E-state index contributed by atoms with van der Waals surface area (Å²) in [5.41, 5.74) is 11.3. The molecular weight excluding hydrogens is 372 g/mol. The summed E-state index contributed by atoms with van der Waals surface area (Å²) in [6.07, 6.45) is 1.87. The van der Waals surface area contributed by atoms with Crippen LogP contribution in [0.4, 0.5) is 5.69 Å². The van der Waals surface area contributed by atoms with E-state index in [1.807, 2.05) is 30.3 Å². The van der Waals surface area contributed by atoms with Gasteiger partial charge in [0.2, 0.25) is 0 Å². The van der Waals surface area contributed by atoms with E-state index in [1.54, 1.807) is 12.1 Å². The number of anilines is 1. The molecule has 5 nitrogen and oxygen atoms in total. The first-order valence-electron chi connectivity index (χ1n) is 10.3. The van der Waals surface area contributed by atoms with Crippen molar-refractivity contribution in [1.82, 2.24) is 0 Å². The van der Waals surface area contributed by atoms with Crippen molar-refractivity contribution >= 4 is 33.9 Å². The lowest BCUT2D eigenvalue weighted by molar-refractivity contribution is 0.102. The van der Waals surface area contributed by atoms with Crippen molar-refractivity contribution in [3.8, 4) is 0 Å². The van der Waals surface area contributed by atoms with Crippen LogP contribution in [-0.2, 0) is 6.42 Å². The van der Waals surface area contributed by atoms with Gasteiger partial charge in [0, 0.05) is 29.1 Å². The van der Waals surface area contributed by atoms with Gasteiger partial charge in [-0.25, -0.2) is 0 Å². The molecule has 5 heteroatoms. The molecule has 0 fully saturated rings. The number of nitrogens with two attached hydrogens (primary N) is 1. The number of nitrogens with zero attached hydrogens (tertiary/aromatic N) is 1. The monoisotopic (exact) mass is 398 g/mol. The number of fused-ring (bicyclic) bond motifs is 2. The van der Waals surface area contributed by atoms with Crippen molar-refractivity contribution < 1.29 is 4.79 Å². The highest BCUT2D eigenvalue weighted by Gasteiger charge is 2.16. The predicted octanol–water partition coefficient (Wildman–Crippen LogP) is 4.77. The third-order valence-electron chi connectivity index (χ3n) is 5.37. The summed E-state index contributed by atoms with van der Waals surface area (Å²) in [7, 11) is 0. The van der Waals surface area contributed by atoms with Crippen molar-refractivity contribution in [2.75, 3.05) is 11.9 Å². The van der Waals surface area contributed by atoms with Gasteiger partial charge in [-0.2, -0.15) is 0 Å². The highest BCUT2D eigenvalue weighted by Crippen LogP contribution is 2.24. The first kappa shape index (κ1) is 19.8. The minimum atomic E-state index is -0.139. The second kappa shape index (κ2) is 8.11. The first-order valence-corrected chi connectivity index (χ1v) is 10.3. The van der Waals surface area contributed by atoms with E-state index in [2.05, 4.69) is 31.3 Å². The van der Waals surface area contributed by atoms with Gasteiger partial charge in [-0.15, -0.1) is 0 Å². The number of benzene rings is 3. The lowest BCUT2D eigenvalue weighted by Crippen LogP contribution is -2.16. The molecule has 3 aromatic rings. The summed E-state index contributed by atoms with van der Waals surface area (Å²) in [5.74, 6) is 0.459. The molecule has 1 amide bonds. The third-order valence-corrected chi connectivity index (χ3v) is 5.37. The lowest BCUT2D eigenvalue weighted by atomic mass is 9.92. The van der Waals surface area contributed by atoms with Crippen molar-refractivity contribution in [2.45, 2.75) is 26.7 Å². The second-order valence-electron chi connectivity index (χ2n) is 8.19. The summed E-state index contributed by atoms with van der Waals surface area (Å²) in [4.78, 5) is 17.5. The topological polar surface area (TPSA) is 91.3 Å². The number of amidine groups is 1. The van der Waals surface area contributed by atoms with Crippen LogP contribution in [0.15, 0.2) is 59.6 Å². The fraction of sp³-hybridized carbons (Fsp3) is 0.240. The van der Waals surface area contributed by atoms with Crippen molar-refractivity contribution in [2.24, 2.45) is 16.6 Å². The van der Waals surface area contributed by atoms with Crippen LogP contribution >= 0.6 is 0 Å². The first-order chi connectivity index (χ1) is 14.4. The molecular formula is C25H26N4O. The number of aliphatic imine (C=N–C) groups is 1. The molecule has 0 aliphatic carbocycles. The molecule has 0 saturated carbocycles. The summed E-state index contributed by atoms with van der Waals surface area (Å²) < 4.78 is 0. The van der Waals surface area contributed by atoms with Crippen molar-refractivity contribution in [3.63, 3.8) is 0 Å². The molecule has 3 aromatic carbocycles. The molecule has 0 radical (unpaired) electrons. The van der Waals surface area contributed by atoms with E-state index in [4.69, 9.17) is 16.1 Å². The number of carbonyl (C=O) groups excluding carboxylic acids is 1. The molecule has 0 unspecified atom stereocenters. The average Bonchev–Trinajstić information content (AvgIpc) is 2.72. The molecule has 1 aliphatic rings. The van der Waals surface area contributed by atoms with Crippen LogP contribution in [0.1, 0.15) is 47.3 Å². The fourth-order valence-corrected chi connectivity index (χ4v) is 3.88. The fourth-order valence-electron chi connectivity index (χ4n) is 3.88. The molecule has 0 saturated heterocycles. The Hall–Kier alpha value is -3.47. The Labute approximate surface area is 176 Å². The Bertz CT molecular complexity index is 1180. The van der Waals surface area contributed by atoms with Gasteiger partial charge in [0.1, 0.15) is 5.84 Å². The van der Waals surface area contributed by atoms with Gasteiger partial charge < -0.3 is 11.1 Å². The average molecular weight is 399 g/mol. The Kier molecular flexibility index (Phi) is 5.36. The number of hydrogen-bond acceptors (Lipinski definition) is 3. The quantitative estimate of drug-likeness (QED) is 0.427. The normalized spacial score (nSPS) is 13.1. The maximum Gasteiger partial charge on any atom is 0.255 e. The van der Waals surface area contributed by atoms with E-state index >= 15 is 0 Å². The molecule has 4 N–H and O–H groups in total. The standard InChI is InChI=1S/C25H26N4O/c1-15(2)11-23-22-8-7-21(14-18(22)9-10-28-23)29-25(30)20-6-4-16-12-19(24(26)27)5-3-17(16)13-20/h3-8,12-15H,9-11H2,1-2H3,(H3,26,27)(H,29,30). The molecule has 0 bridgehead atoms. The van der Waals surface area contributed by atoms with Gasteiger partial charge in [0.15, 0.2) is 0 Å². The van der Waals surface area contributed by atoms with Gasteiger partial charge in [-0.3, -0.25) is 15.2 Å². The van der Waals surface area contributed by atoms with Gasteiger partial charge in [0.25, 0.3) is 5.91 Å². The van der Waals surface area contributed by atoms with Crippen LogP contribution < -0.4 is 11.1 Å². The van der Waals surface area contributed by atoms with E-state index < -0.39 is 0 Å². The summed E-state index contributed by atoms with van der Waals surface area (Å²) >= 11 is 0. The molecule has 0 aromatic heterocycles. The van der Waals surface area contributed by atoms with Crippen LogP contribution in [-0.4, -0.2) is 24.0 Å². The van der Waals surface area contributed by atoms with E-state index in [0.717, 1.165) is 35.8 Å². The van der Waals surface area contributed by atoms with Crippen molar-refractivity contribution in [1.29, 1.82) is 5.41 Å². The molecule has 30 heavy (non-hydrogen) atoms. The van der Waals surface area contributed by atoms with Gasteiger partial charge in [-0.1, -0.05) is 38.1 Å². The molecule has 1 aliphatic heterocycles. The van der Waals surface area contributed by atoms with E-state index in [-0.39, 0.29) is 11.7 Å². The van der Waals surface area contributed by atoms with Crippen LogP contribution in [0, 0.1) is 11.3 Å². The third kappa shape index (κ3) is 4.10. The summed E-state index contributed by atoms with van der Waals surface area (Å²) in [5, 5.41) is 12.5. The number of carbonyl (C=O) groups is 1. The Morgan fingerprint density at radius 2 is 1.77 bits per heavy atom. The maximum atomic E-state index is 12.8. The number of nitrogen functional groups attached to an aromatic ring is 1. The van der Waals surface area contributed by atoms with Gasteiger partial charge in [0.05, 0.1) is 0 Å². The maximum absolute atomic E-state index is 12.8. The molecule has 0 spiro atoms. The zero-order valence-electron chi connectivity index (χ0n) is 17.3. The SMILES string of the molecule is CC(C)CC1=NCCc2cc(NC(=O)c3ccc4cc(C(=N)N)ccc4c3)ccc21.